The highest BCUT2D eigenvalue weighted by atomic mass is 16.6. The summed E-state index contributed by atoms with van der Waals surface area (Å²) in [6.45, 7) is 22.8. The van der Waals surface area contributed by atoms with Crippen molar-refractivity contribution in [1.29, 1.82) is 0 Å². The van der Waals surface area contributed by atoms with E-state index in [-0.39, 0.29) is 18.6 Å². The largest absolute Gasteiger partial charge is 0.463 e. The summed E-state index contributed by atoms with van der Waals surface area (Å²) in [4.78, 5) is 57.5. The van der Waals surface area contributed by atoms with E-state index in [9.17, 15) is 19.2 Å². The van der Waals surface area contributed by atoms with Gasteiger partial charge in [-0.15, -0.1) is 0 Å². The van der Waals surface area contributed by atoms with Gasteiger partial charge in [-0.1, -0.05) is 84.4 Å². The standard InChI is InChI=1S/C35H57N3O6/c1-14-20-26(23-24(4)31(41)43-16-3)38(15-2)30(40)27(33(5,6)7)36-29(39)28(37(13)32(42)44-34(8,9)10)35(11,12)25-21-18-17-19-22-25/h17-19,21-23,26-28H,14-16,20H2,1-13H3,(H,36,39)/b24-23+/t26-,27+,28?/m0/s1. The summed E-state index contributed by atoms with van der Waals surface area (Å²) in [5.74, 6) is -1.16. The van der Waals surface area contributed by atoms with E-state index in [0.29, 0.717) is 18.5 Å². The minimum Gasteiger partial charge on any atom is -0.463 e. The molecule has 9 heteroatoms. The number of benzene rings is 1. The van der Waals surface area contributed by atoms with Crippen molar-refractivity contribution < 1.29 is 28.7 Å². The highest BCUT2D eigenvalue weighted by molar-refractivity contribution is 5.93. The van der Waals surface area contributed by atoms with Crippen molar-refractivity contribution in [2.24, 2.45) is 5.41 Å². The molecule has 0 fully saturated rings. The normalized spacial score (nSPS) is 14.6. The van der Waals surface area contributed by atoms with Crippen LogP contribution < -0.4 is 5.32 Å². The summed E-state index contributed by atoms with van der Waals surface area (Å²) in [6, 6.07) is 7.20. The molecule has 0 bridgehead atoms. The molecule has 0 saturated heterocycles. The van der Waals surface area contributed by atoms with Gasteiger partial charge in [-0.05, 0) is 58.9 Å². The lowest BCUT2D eigenvalue weighted by atomic mass is 9.76. The predicted molar refractivity (Wildman–Crippen MR) is 175 cm³/mol. The number of nitrogens with zero attached hydrogens (tertiary/aromatic N) is 2. The second-order valence-corrected chi connectivity index (χ2v) is 13.9. The molecule has 0 saturated carbocycles. The van der Waals surface area contributed by atoms with Crippen LogP contribution in [0.4, 0.5) is 4.79 Å². The molecule has 0 spiro atoms. The molecular weight excluding hydrogens is 558 g/mol. The number of hydrogen-bond acceptors (Lipinski definition) is 6. The number of esters is 1. The minimum atomic E-state index is -1.01. The molecule has 1 N–H and O–H groups in total. The van der Waals surface area contributed by atoms with Gasteiger partial charge in [0.05, 0.1) is 12.6 Å². The zero-order valence-electron chi connectivity index (χ0n) is 29.4. The molecule has 9 nitrogen and oxygen atoms in total. The third kappa shape index (κ3) is 10.7. The van der Waals surface area contributed by atoms with E-state index < -0.39 is 46.5 Å². The Morgan fingerprint density at radius 2 is 1.50 bits per heavy atom. The maximum absolute atomic E-state index is 14.4. The molecule has 1 aromatic carbocycles. The highest BCUT2D eigenvalue weighted by Crippen LogP contribution is 2.32. The maximum atomic E-state index is 14.4. The van der Waals surface area contributed by atoms with Gasteiger partial charge in [0.2, 0.25) is 11.8 Å². The Kier molecular flexibility index (Phi) is 14.1. The van der Waals surface area contributed by atoms with Crippen LogP contribution in [0.3, 0.4) is 0 Å². The first-order valence-electron chi connectivity index (χ1n) is 15.7. The van der Waals surface area contributed by atoms with Crippen molar-refractivity contribution in [2.45, 2.75) is 125 Å². The molecule has 3 amide bonds. The Bertz CT molecular complexity index is 1150. The van der Waals surface area contributed by atoms with Crippen LogP contribution in [0.2, 0.25) is 0 Å². The van der Waals surface area contributed by atoms with Crippen LogP contribution in [-0.2, 0) is 29.3 Å². The lowest BCUT2D eigenvalue weighted by Gasteiger charge is -2.42. The molecule has 3 atom stereocenters. The van der Waals surface area contributed by atoms with Gasteiger partial charge in [0.25, 0.3) is 0 Å². The number of nitrogens with one attached hydrogen (secondary N) is 1. The van der Waals surface area contributed by atoms with Gasteiger partial charge in [-0.2, -0.15) is 0 Å². The second kappa shape index (κ2) is 16.1. The quantitative estimate of drug-likeness (QED) is 0.208. The van der Waals surface area contributed by atoms with Gasteiger partial charge in [0.15, 0.2) is 0 Å². The summed E-state index contributed by atoms with van der Waals surface area (Å²) in [7, 11) is 1.55. The molecule has 44 heavy (non-hydrogen) atoms. The van der Waals surface area contributed by atoms with Crippen molar-refractivity contribution in [2.75, 3.05) is 20.2 Å². The highest BCUT2D eigenvalue weighted by Gasteiger charge is 2.46. The van der Waals surface area contributed by atoms with E-state index >= 15 is 0 Å². The summed E-state index contributed by atoms with van der Waals surface area (Å²) in [5, 5.41) is 3.05. The fraction of sp³-hybridized carbons (Fsp3) is 0.657. The van der Waals surface area contributed by atoms with Crippen molar-refractivity contribution in [3.63, 3.8) is 0 Å². The fourth-order valence-electron chi connectivity index (χ4n) is 5.27. The molecule has 1 rings (SSSR count). The molecule has 0 heterocycles. The monoisotopic (exact) mass is 615 g/mol. The second-order valence-electron chi connectivity index (χ2n) is 13.9. The average molecular weight is 616 g/mol. The molecule has 1 unspecified atom stereocenters. The number of rotatable bonds is 13. The Labute approximate surface area is 265 Å². The zero-order valence-corrected chi connectivity index (χ0v) is 29.4. The van der Waals surface area contributed by atoms with E-state index in [1.165, 1.54) is 4.90 Å². The Hall–Kier alpha value is -3.36. The number of hydrogen-bond donors (Lipinski definition) is 1. The van der Waals surface area contributed by atoms with Gasteiger partial charge in [-0.25, -0.2) is 9.59 Å². The molecule has 0 radical (unpaired) electrons. The topological polar surface area (TPSA) is 105 Å². The first kappa shape index (κ1) is 38.7. The maximum Gasteiger partial charge on any atom is 0.410 e. The van der Waals surface area contributed by atoms with Gasteiger partial charge in [-0.3, -0.25) is 14.5 Å². The van der Waals surface area contributed by atoms with Gasteiger partial charge < -0.3 is 19.7 Å². The molecule has 1 aromatic rings. The van der Waals surface area contributed by atoms with Crippen LogP contribution >= 0.6 is 0 Å². The van der Waals surface area contributed by atoms with Gasteiger partial charge >= 0.3 is 12.1 Å². The SMILES string of the molecule is CCC[C@@H](/C=C(\C)C(=O)OCC)N(CC)C(=O)[C@@H](NC(=O)C(N(C)C(=O)OC(C)(C)C)C(C)(C)c1ccccc1)C(C)(C)C. The Morgan fingerprint density at radius 3 is 1.95 bits per heavy atom. The number of amides is 3. The number of ether oxygens (including phenoxy) is 2. The van der Waals surface area contributed by atoms with Crippen LogP contribution in [0.1, 0.15) is 101 Å². The van der Waals surface area contributed by atoms with Crippen molar-refractivity contribution in [3.05, 3.63) is 47.5 Å². The molecule has 0 aromatic heterocycles. The summed E-state index contributed by atoms with van der Waals surface area (Å²) >= 11 is 0. The van der Waals surface area contributed by atoms with Crippen molar-refractivity contribution in [1.82, 2.24) is 15.1 Å². The Balaban J connectivity index is 3.63. The first-order valence-corrected chi connectivity index (χ1v) is 15.7. The van der Waals surface area contributed by atoms with Crippen molar-refractivity contribution in [3.8, 4) is 0 Å². The number of likely N-dealkylation sites (N-methyl/N-ethyl adjacent to an activating group) is 2. The summed E-state index contributed by atoms with van der Waals surface area (Å²) in [5.41, 5.74) is -1.01. The van der Waals surface area contributed by atoms with E-state index in [0.717, 1.165) is 12.0 Å². The lowest BCUT2D eigenvalue weighted by Crippen LogP contribution is -2.63. The van der Waals surface area contributed by atoms with Gasteiger partial charge in [0.1, 0.15) is 17.7 Å². The minimum absolute atomic E-state index is 0.259. The van der Waals surface area contributed by atoms with Crippen LogP contribution in [-0.4, -0.2) is 77.6 Å². The average Bonchev–Trinajstić information content (AvgIpc) is 2.91. The predicted octanol–water partition coefficient (Wildman–Crippen LogP) is 6.26. The molecule has 248 valence electrons. The lowest BCUT2D eigenvalue weighted by molar-refractivity contribution is -0.142. The van der Waals surface area contributed by atoms with Crippen LogP contribution in [0, 0.1) is 5.41 Å². The summed E-state index contributed by atoms with van der Waals surface area (Å²) < 4.78 is 10.8. The summed E-state index contributed by atoms with van der Waals surface area (Å²) in [6.07, 6.45) is 2.55. The van der Waals surface area contributed by atoms with Gasteiger partial charge in [0, 0.05) is 24.6 Å². The van der Waals surface area contributed by atoms with Crippen molar-refractivity contribution >= 4 is 23.9 Å². The fourth-order valence-corrected chi connectivity index (χ4v) is 5.27. The van der Waals surface area contributed by atoms with Crippen LogP contribution in [0.15, 0.2) is 42.0 Å². The Morgan fingerprint density at radius 1 is 0.932 bits per heavy atom. The number of carbonyl (C=O) groups excluding carboxylic acids is 4. The van der Waals surface area contributed by atoms with E-state index in [4.69, 9.17) is 9.47 Å². The van der Waals surface area contributed by atoms with E-state index in [1.807, 2.05) is 78.8 Å². The van der Waals surface area contributed by atoms with Crippen LogP contribution in [0.5, 0.6) is 0 Å². The molecule has 0 aliphatic carbocycles. The molecule has 0 aliphatic heterocycles. The number of carbonyl (C=O) groups is 4. The van der Waals surface area contributed by atoms with E-state index in [1.54, 1.807) is 52.6 Å². The third-order valence-corrected chi connectivity index (χ3v) is 7.57. The first-order chi connectivity index (χ1) is 20.2. The van der Waals surface area contributed by atoms with E-state index in [2.05, 4.69) is 5.32 Å². The third-order valence-electron chi connectivity index (χ3n) is 7.57. The molecular formula is C35H57N3O6. The van der Waals surface area contributed by atoms with Crippen LogP contribution in [0.25, 0.3) is 0 Å². The molecule has 0 aliphatic rings. The smallest absolute Gasteiger partial charge is 0.410 e. The zero-order chi connectivity index (χ0) is 34.0.